The molecule has 1 saturated heterocycles. The third-order valence-corrected chi connectivity index (χ3v) is 5.24. The molecule has 2 aliphatic heterocycles. The summed E-state index contributed by atoms with van der Waals surface area (Å²) >= 11 is 0. The van der Waals surface area contributed by atoms with Gasteiger partial charge in [0.1, 0.15) is 0 Å². The fourth-order valence-corrected chi connectivity index (χ4v) is 3.96. The summed E-state index contributed by atoms with van der Waals surface area (Å²) in [5.74, 6) is -3.17. The Labute approximate surface area is 156 Å². The zero-order valence-electron chi connectivity index (χ0n) is 15.0. The van der Waals surface area contributed by atoms with Gasteiger partial charge >= 0.3 is 5.97 Å². The van der Waals surface area contributed by atoms with Gasteiger partial charge in [0.2, 0.25) is 11.8 Å². The molecular formula is C21H18N2O4. The van der Waals surface area contributed by atoms with Crippen molar-refractivity contribution in [2.75, 3.05) is 12.0 Å². The molecule has 0 radical (unpaired) electrons. The van der Waals surface area contributed by atoms with E-state index in [-0.39, 0.29) is 5.91 Å². The van der Waals surface area contributed by atoms with Crippen LogP contribution in [0.5, 0.6) is 0 Å². The molecule has 6 nitrogen and oxygen atoms in total. The van der Waals surface area contributed by atoms with Crippen molar-refractivity contribution >= 4 is 29.2 Å². The van der Waals surface area contributed by atoms with Crippen LogP contribution in [0.1, 0.15) is 12.5 Å². The number of hydrogen-bond donors (Lipinski definition) is 0. The first-order chi connectivity index (χ1) is 13.0. The lowest BCUT2D eigenvalue weighted by Crippen LogP contribution is -2.45. The van der Waals surface area contributed by atoms with Gasteiger partial charge in [-0.2, -0.15) is 0 Å². The monoisotopic (exact) mass is 362 g/mol. The minimum absolute atomic E-state index is 0.369. The number of hydrogen-bond acceptors (Lipinski definition) is 5. The van der Waals surface area contributed by atoms with Crippen LogP contribution in [0.2, 0.25) is 0 Å². The first-order valence-corrected chi connectivity index (χ1v) is 8.65. The van der Waals surface area contributed by atoms with E-state index in [4.69, 9.17) is 4.74 Å². The summed E-state index contributed by atoms with van der Waals surface area (Å²) in [5.41, 5.74) is 0.212. The largest absolute Gasteiger partial charge is 0.467 e. The molecule has 3 atom stereocenters. The molecule has 2 aromatic rings. The third kappa shape index (κ3) is 2.40. The Hall–Kier alpha value is -3.28. The maximum absolute atomic E-state index is 13.3. The summed E-state index contributed by atoms with van der Waals surface area (Å²) in [7, 11) is 1.26. The van der Waals surface area contributed by atoms with Gasteiger partial charge in [0, 0.05) is 0 Å². The highest BCUT2D eigenvalue weighted by Gasteiger charge is 2.65. The van der Waals surface area contributed by atoms with Crippen molar-refractivity contribution in [3.05, 3.63) is 66.2 Å². The van der Waals surface area contributed by atoms with Crippen LogP contribution in [0, 0.1) is 11.8 Å². The lowest BCUT2D eigenvalue weighted by Gasteiger charge is -2.24. The number of anilines is 1. The maximum atomic E-state index is 13.3. The van der Waals surface area contributed by atoms with E-state index in [1.165, 1.54) is 7.11 Å². The molecule has 2 aliphatic rings. The lowest BCUT2D eigenvalue weighted by atomic mass is 9.79. The quantitative estimate of drug-likeness (QED) is 0.620. The Kier molecular flexibility index (Phi) is 3.91. The van der Waals surface area contributed by atoms with E-state index in [1.807, 2.05) is 36.4 Å². The van der Waals surface area contributed by atoms with E-state index < -0.39 is 29.3 Å². The van der Waals surface area contributed by atoms with Crippen molar-refractivity contribution in [3.8, 4) is 0 Å². The number of nitrogens with zero attached hydrogens (tertiary/aromatic N) is 2. The standard InChI is InChI=1S/C21H18N2O4/c1-21(20(26)27-2)16-15(17(22-21)13-9-5-3-6-10-13)18(24)23(19(16)25)14-11-7-4-8-12-14/h3-12,15-16H,1-2H3/t15-,16-,21+/m0/s1. The number of amides is 2. The number of ether oxygens (including phenoxy) is 1. The van der Waals surface area contributed by atoms with E-state index in [0.29, 0.717) is 11.4 Å². The summed E-state index contributed by atoms with van der Waals surface area (Å²) in [4.78, 5) is 44.7. The number of aliphatic imine (C=N–C) groups is 1. The van der Waals surface area contributed by atoms with Crippen LogP contribution in [-0.2, 0) is 19.1 Å². The zero-order valence-corrected chi connectivity index (χ0v) is 15.0. The molecule has 27 heavy (non-hydrogen) atoms. The van der Waals surface area contributed by atoms with Crippen LogP contribution in [0.4, 0.5) is 5.69 Å². The molecule has 6 heteroatoms. The van der Waals surface area contributed by atoms with Crippen LogP contribution >= 0.6 is 0 Å². The zero-order chi connectivity index (χ0) is 19.2. The van der Waals surface area contributed by atoms with E-state index in [1.54, 1.807) is 31.2 Å². The maximum Gasteiger partial charge on any atom is 0.334 e. The smallest absolute Gasteiger partial charge is 0.334 e. The second-order valence-electron chi connectivity index (χ2n) is 6.80. The molecule has 136 valence electrons. The Morgan fingerprint density at radius 3 is 2.19 bits per heavy atom. The van der Waals surface area contributed by atoms with Gasteiger partial charge < -0.3 is 4.74 Å². The first-order valence-electron chi connectivity index (χ1n) is 8.65. The summed E-state index contributed by atoms with van der Waals surface area (Å²) < 4.78 is 4.93. The summed E-state index contributed by atoms with van der Waals surface area (Å²) in [6.45, 7) is 1.56. The van der Waals surface area contributed by atoms with Crippen LogP contribution in [0.3, 0.4) is 0 Å². The number of rotatable bonds is 3. The molecule has 0 bridgehead atoms. The van der Waals surface area contributed by atoms with Gasteiger partial charge in [0.15, 0.2) is 5.54 Å². The van der Waals surface area contributed by atoms with Crippen LogP contribution < -0.4 is 4.90 Å². The Balaban J connectivity index is 1.87. The molecular weight excluding hydrogens is 344 g/mol. The van der Waals surface area contributed by atoms with Gasteiger partial charge in [-0.25, -0.2) is 9.69 Å². The van der Waals surface area contributed by atoms with E-state index >= 15 is 0 Å². The predicted octanol–water partition coefficient (Wildman–Crippen LogP) is 2.23. The Bertz CT molecular complexity index is 955. The van der Waals surface area contributed by atoms with Gasteiger partial charge in [-0.3, -0.25) is 14.6 Å². The molecule has 0 N–H and O–H groups in total. The second-order valence-corrected chi connectivity index (χ2v) is 6.80. The number of methoxy groups -OCH3 is 1. The highest BCUT2D eigenvalue weighted by atomic mass is 16.5. The number of fused-ring (bicyclic) bond motifs is 1. The number of carbonyl (C=O) groups is 3. The third-order valence-electron chi connectivity index (χ3n) is 5.24. The molecule has 0 saturated carbocycles. The minimum Gasteiger partial charge on any atom is -0.467 e. The van der Waals surface area contributed by atoms with Crippen molar-refractivity contribution < 1.29 is 19.1 Å². The topological polar surface area (TPSA) is 76.0 Å². The number of imide groups is 1. The van der Waals surface area contributed by atoms with Crippen molar-refractivity contribution in [2.24, 2.45) is 16.8 Å². The fraction of sp³-hybridized carbons (Fsp3) is 0.238. The highest BCUT2D eigenvalue weighted by Crippen LogP contribution is 2.46. The van der Waals surface area contributed by atoms with Crippen molar-refractivity contribution in [3.63, 3.8) is 0 Å². The van der Waals surface area contributed by atoms with Gasteiger partial charge in [0.05, 0.1) is 30.3 Å². The van der Waals surface area contributed by atoms with E-state index in [2.05, 4.69) is 4.99 Å². The summed E-state index contributed by atoms with van der Waals surface area (Å²) in [6, 6.07) is 17.9. The Morgan fingerprint density at radius 1 is 1.00 bits per heavy atom. The number of para-hydroxylation sites is 1. The van der Waals surface area contributed by atoms with Crippen molar-refractivity contribution in [2.45, 2.75) is 12.5 Å². The van der Waals surface area contributed by atoms with E-state index in [9.17, 15) is 14.4 Å². The molecule has 0 spiro atoms. The van der Waals surface area contributed by atoms with Crippen LogP contribution in [-0.4, -0.2) is 36.1 Å². The first kappa shape index (κ1) is 17.1. The van der Waals surface area contributed by atoms with Gasteiger partial charge in [0.25, 0.3) is 0 Å². The summed E-state index contributed by atoms with van der Waals surface area (Å²) in [5, 5.41) is 0. The molecule has 2 aromatic carbocycles. The van der Waals surface area contributed by atoms with Crippen molar-refractivity contribution in [1.29, 1.82) is 0 Å². The van der Waals surface area contributed by atoms with Gasteiger partial charge in [-0.1, -0.05) is 48.5 Å². The summed E-state index contributed by atoms with van der Waals surface area (Å²) in [6.07, 6.45) is 0. The predicted molar refractivity (Wildman–Crippen MR) is 99.3 cm³/mol. The molecule has 0 unspecified atom stereocenters. The number of esters is 1. The lowest BCUT2D eigenvalue weighted by molar-refractivity contribution is -0.150. The molecule has 4 rings (SSSR count). The molecule has 0 aromatic heterocycles. The van der Waals surface area contributed by atoms with Crippen LogP contribution in [0.25, 0.3) is 0 Å². The minimum atomic E-state index is -1.44. The van der Waals surface area contributed by atoms with Gasteiger partial charge in [-0.15, -0.1) is 0 Å². The van der Waals surface area contributed by atoms with Gasteiger partial charge in [-0.05, 0) is 24.6 Å². The SMILES string of the molecule is COC(=O)[C@]1(C)N=C(c2ccccc2)[C@H]2C(=O)N(c3ccccc3)C(=O)[C@H]21. The molecule has 2 amide bonds. The molecule has 1 fully saturated rings. The second kappa shape index (κ2) is 6.16. The fourth-order valence-electron chi connectivity index (χ4n) is 3.96. The van der Waals surface area contributed by atoms with Crippen molar-refractivity contribution in [1.82, 2.24) is 0 Å². The van der Waals surface area contributed by atoms with Crippen LogP contribution in [0.15, 0.2) is 65.7 Å². The number of benzene rings is 2. The average molecular weight is 362 g/mol. The van der Waals surface area contributed by atoms with E-state index in [0.717, 1.165) is 10.5 Å². The molecule has 2 heterocycles. The average Bonchev–Trinajstić information content (AvgIpc) is 3.16. The number of carbonyl (C=O) groups excluding carboxylic acids is 3. The Morgan fingerprint density at radius 2 is 1.59 bits per heavy atom. The highest BCUT2D eigenvalue weighted by molar-refractivity contribution is 6.33. The molecule has 0 aliphatic carbocycles. The normalized spacial score (nSPS) is 26.7.